The molecule has 0 saturated carbocycles. The second-order valence-corrected chi connectivity index (χ2v) is 7.15. The summed E-state index contributed by atoms with van der Waals surface area (Å²) in [5.74, 6) is -1.50. The normalized spacial score (nSPS) is 11.8. The average Bonchev–Trinajstić information content (AvgIpc) is 2.75. The number of anilines is 1. The van der Waals surface area contributed by atoms with Crippen molar-refractivity contribution in [3.63, 3.8) is 0 Å². The second-order valence-electron chi connectivity index (χ2n) is 7.15. The number of carboxylic acids is 1. The van der Waals surface area contributed by atoms with Gasteiger partial charge < -0.3 is 10.4 Å². The van der Waals surface area contributed by atoms with Crippen molar-refractivity contribution in [3.05, 3.63) is 66.0 Å². The average molecular weight is 415 g/mol. The van der Waals surface area contributed by atoms with Crippen LogP contribution in [0.15, 0.2) is 59.9 Å². The molecule has 0 atom stereocenters. The van der Waals surface area contributed by atoms with E-state index >= 15 is 0 Å². The summed E-state index contributed by atoms with van der Waals surface area (Å²) in [6.07, 6.45) is 6.72. The molecule has 0 aliphatic rings. The minimum atomic E-state index is -0.990. The molecule has 0 fully saturated rings. The highest BCUT2D eigenvalue weighted by atomic mass is 16.4. The number of carboxylic acid groups (broad SMARTS) is 1. The Balaban J connectivity index is 2.38. The van der Waals surface area contributed by atoms with Gasteiger partial charge in [0, 0.05) is 36.1 Å². The molecule has 1 aromatic carbocycles. The van der Waals surface area contributed by atoms with Crippen LogP contribution in [0, 0.1) is 28.6 Å². The fourth-order valence-corrected chi connectivity index (χ4v) is 2.94. The van der Waals surface area contributed by atoms with Crippen molar-refractivity contribution in [3.8, 4) is 12.1 Å². The van der Waals surface area contributed by atoms with Crippen molar-refractivity contribution in [1.82, 2.24) is 4.98 Å². The number of nitrogens with one attached hydrogen (secondary N) is 1. The van der Waals surface area contributed by atoms with Gasteiger partial charge in [0.1, 0.15) is 5.84 Å². The van der Waals surface area contributed by atoms with Crippen LogP contribution in [0.25, 0.3) is 5.57 Å². The number of hydrogen-bond acceptors (Lipinski definition) is 5. The van der Waals surface area contributed by atoms with Gasteiger partial charge in [-0.3, -0.25) is 14.8 Å². The predicted molar refractivity (Wildman–Crippen MR) is 120 cm³/mol. The maximum Gasteiger partial charge on any atom is 0.303 e. The van der Waals surface area contributed by atoms with Crippen LogP contribution in [-0.4, -0.2) is 27.9 Å². The minimum Gasteiger partial charge on any atom is -0.481 e. The van der Waals surface area contributed by atoms with E-state index in [-0.39, 0.29) is 12.5 Å². The number of amidine groups is 1. The Morgan fingerprint density at radius 2 is 1.97 bits per heavy atom. The van der Waals surface area contributed by atoms with Crippen molar-refractivity contribution in [1.29, 1.82) is 10.5 Å². The smallest absolute Gasteiger partial charge is 0.303 e. The van der Waals surface area contributed by atoms with Crippen molar-refractivity contribution in [2.75, 3.05) is 5.32 Å². The maximum absolute atomic E-state index is 10.8. The number of carbonyl (C=O) groups is 1. The number of pyridine rings is 1. The lowest BCUT2D eigenvalue weighted by molar-refractivity contribution is -0.137. The van der Waals surface area contributed by atoms with Gasteiger partial charge in [0.2, 0.25) is 0 Å². The van der Waals surface area contributed by atoms with Gasteiger partial charge in [-0.05, 0) is 56.0 Å². The Morgan fingerprint density at radius 1 is 1.23 bits per heavy atom. The van der Waals surface area contributed by atoms with Gasteiger partial charge in [0.25, 0.3) is 0 Å². The third-order valence-corrected chi connectivity index (χ3v) is 4.29. The van der Waals surface area contributed by atoms with Crippen LogP contribution in [0.1, 0.15) is 44.2 Å². The molecule has 2 aromatic rings. The molecule has 0 unspecified atom stereocenters. The number of aromatic nitrogens is 1. The summed E-state index contributed by atoms with van der Waals surface area (Å²) in [4.78, 5) is 19.4. The molecule has 0 saturated heterocycles. The van der Waals surface area contributed by atoms with E-state index in [0.29, 0.717) is 24.4 Å². The first-order valence-electron chi connectivity index (χ1n) is 10.0. The molecule has 0 aliphatic heterocycles. The van der Waals surface area contributed by atoms with E-state index < -0.39 is 11.9 Å². The minimum absolute atomic E-state index is 0.0741. The molecule has 0 aliphatic carbocycles. The molecular weight excluding hydrogens is 390 g/mol. The molecule has 1 heterocycles. The molecule has 31 heavy (non-hydrogen) atoms. The van der Waals surface area contributed by atoms with Crippen LogP contribution in [0.4, 0.5) is 5.69 Å². The molecule has 0 spiro atoms. The summed E-state index contributed by atoms with van der Waals surface area (Å²) in [7, 11) is 0. The topological polar surface area (TPSA) is 122 Å². The Kier molecular flexibility index (Phi) is 8.94. The summed E-state index contributed by atoms with van der Waals surface area (Å²) < 4.78 is 0. The molecule has 7 heteroatoms. The van der Waals surface area contributed by atoms with Gasteiger partial charge in [-0.2, -0.15) is 10.5 Å². The van der Waals surface area contributed by atoms with Crippen LogP contribution in [-0.2, 0) is 4.79 Å². The lowest BCUT2D eigenvalue weighted by Gasteiger charge is -2.14. The van der Waals surface area contributed by atoms with E-state index in [1.807, 2.05) is 68.5 Å². The van der Waals surface area contributed by atoms with Crippen LogP contribution in [0.3, 0.4) is 0 Å². The number of aliphatic imine (C=N–C) groups is 1. The number of rotatable bonds is 9. The number of nitriles is 2. The highest BCUT2D eigenvalue weighted by molar-refractivity contribution is 6.00. The number of hydrogen-bond donors (Lipinski definition) is 2. The molecule has 2 rings (SSSR count). The van der Waals surface area contributed by atoms with Gasteiger partial charge in [-0.15, -0.1) is 0 Å². The van der Waals surface area contributed by atoms with E-state index in [0.717, 1.165) is 16.7 Å². The van der Waals surface area contributed by atoms with Crippen molar-refractivity contribution >= 4 is 23.1 Å². The summed E-state index contributed by atoms with van der Waals surface area (Å²) in [5, 5.41) is 30.6. The largest absolute Gasteiger partial charge is 0.481 e. The van der Waals surface area contributed by atoms with E-state index in [1.165, 1.54) is 0 Å². The standard InChI is InChI=1S/C24H25N5O2/c1-17(2)28-24(20(14-25)15-26)29-21-9-5-7-18(13-21)22(10-3-4-11-23(30)31)19-8-6-12-27-16-19/h5-10,12-13,16-17,20H,3-4,11H2,1-2H3,(H,28,29)(H,30,31)/b22-10+. The van der Waals surface area contributed by atoms with Gasteiger partial charge in [-0.1, -0.05) is 24.3 Å². The number of aliphatic carboxylic acids is 1. The Morgan fingerprint density at radius 3 is 2.58 bits per heavy atom. The number of unbranched alkanes of at least 4 members (excludes halogenated alkanes) is 1. The third kappa shape index (κ3) is 7.41. The Hall–Kier alpha value is -3.97. The third-order valence-electron chi connectivity index (χ3n) is 4.29. The van der Waals surface area contributed by atoms with Crippen molar-refractivity contribution < 1.29 is 9.90 Å². The molecule has 158 valence electrons. The zero-order valence-corrected chi connectivity index (χ0v) is 17.6. The Labute approximate surface area is 182 Å². The zero-order valence-electron chi connectivity index (χ0n) is 17.6. The maximum atomic E-state index is 10.8. The fraction of sp³-hybridized carbons (Fsp3) is 0.292. The van der Waals surface area contributed by atoms with Crippen LogP contribution < -0.4 is 5.32 Å². The summed E-state index contributed by atoms with van der Waals surface area (Å²) in [6.45, 7) is 3.76. The predicted octanol–water partition coefficient (Wildman–Crippen LogP) is 4.65. The molecular formula is C24H25N5O2. The first-order chi connectivity index (χ1) is 14.9. The number of benzene rings is 1. The SMILES string of the molecule is CC(C)N=C(Nc1cccc(/C(=C\CCCC(=O)O)c2cccnc2)c1)C(C#N)C#N. The van der Waals surface area contributed by atoms with Gasteiger partial charge in [-0.25, -0.2) is 0 Å². The molecule has 0 radical (unpaired) electrons. The monoisotopic (exact) mass is 415 g/mol. The fourth-order valence-electron chi connectivity index (χ4n) is 2.94. The lowest BCUT2D eigenvalue weighted by atomic mass is 9.97. The first kappa shape index (κ1) is 23.3. The van der Waals surface area contributed by atoms with Gasteiger partial charge >= 0.3 is 5.97 Å². The lowest BCUT2D eigenvalue weighted by Crippen LogP contribution is -2.22. The summed E-state index contributed by atoms with van der Waals surface area (Å²) in [5.41, 5.74) is 3.45. The summed E-state index contributed by atoms with van der Waals surface area (Å²) in [6, 6.07) is 15.2. The van der Waals surface area contributed by atoms with Crippen LogP contribution >= 0.6 is 0 Å². The second kappa shape index (κ2) is 11.9. The zero-order chi connectivity index (χ0) is 22.6. The molecule has 1 aromatic heterocycles. The van der Waals surface area contributed by atoms with E-state index in [9.17, 15) is 15.3 Å². The van der Waals surface area contributed by atoms with Gasteiger partial charge in [0.15, 0.2) is 5.92 Å². The quantitative estimate of drug-likeness (QED) is 0.349. The first-order valence-corrected chi connectivity index (χ1v) is 10.0. The highest BCUT2D eigenvalue weighted by Crippen LogP contribution is 2.26. The van der Waals surface area contributed by atoms with Gasteiger partial charge in [0.05, 0.1) is 12.1 Å². The van der Waals surface area contributed by atoms with Crippen molar-refractivity contribution in [2.24, 2.45) is 10.9 Å². The van der Waals surface area contributed by atoms with Crippen LogP contribution in [0.2, 0.25) is 0 Å². The highest BCUT2D eigenvalue weighted by Gasteiger charge is 2.16. The van der Waals surface area contributed by atoms with E-state index in [4.69, 9.17) is 5.11 Å². The summed E-state index contributed by atoms with van der Waals surface area (Å²) >= 11 is 0. The molecule has 2 N–H and O–H groups in total. The van der Waals surface area contributed by atoms with Crippen LogP contribution in [0.5, 0.6) is 0 Å². The van der Waals surface area contributed by atoms with E-state index in [1.54, 1.807) is 12.4 Å². The molecule has 0 amide bonds. The number of nitrogens with zero attached hydrogens (tertiary/aromatic N) is 4. The Bertz CT molecular complexity index is 1020. The van der Waals surface area contributed by atoms with E-state index in [2.05, 4.69) is 15.3 Å². The number of allylic oxidation sites excluding steroid dienone is 1. The molecule has 7 nitrogen and oxygen atoms in total. The molecule has 0 bridgehead atoms. The van der Waals surface area contributed by atoms with Crippen molar-refractivity contribution in [2.45, 2.75) is 39.2 Å².